The van der Waals surface area contributed by atoms with Gasteiger partial charge in [-0.15, -0.1) is 0 Å². The summed E-state index contributed by atoms with van der Waals surface area (Å²) in [7, 11) is 0. The molecule has 3 nitrogen and oxygen atoms in total. The summed E-state index contributed by atoms with van der Waals surface area (Å²) in [6.45, 7) is -0.0218. The number of rotatable bonds is 5. The summed E-state index contributed by atoms with van der Waals surface area (Å²) in [6.07, 6.45) is 0.268. The third kappa shape index (κ3) is 4.21. The van der Waals surface area contributed by atoms with Crippen molar-refractivity contribution in [3.63, 3.8) is 0 Å². The number of nitrogens with one attached hydrogen (secondary N) is 1. The number of ketones is 1. The summed E-state index contributed by atoms with van der Waals surface area (Å²) in [4.78, 5) is 23.6. The van der Waals surface area contributed by atoms with E-state index in [1.807, 2.05) is 30.3 Å². The third-order valence-electron chi connectivity index (χ3n) is 2.80. The number of carbonyl (C=O) groups is 2. The molecule has 0 heterocycles. The van der Waals surface area contributed by atoms with E-state index in [9.17, 15) is 9.59 Å². The zero-order valence-corrected chi connectivity index (χ0v) is 11.6. The van der Waals surface area contributed by atoms with Crippen LogP contribution in [0.5, 0.6) is 0 Å². The van der Waals surface area contributed by atoms with Crippen LogP contribution in [0.25, 0.3) is 0 Å². The van der Waals surface area contributed by atoms with Gasteiger partial charge in [0, 0.05) is 10.6 Å². The number of halogens is 1. The highest BCUT2D eigenvalue weighted by molar-refractivity contribution is 6.31. The Hall–Kier alpha value is -2.13. The minimum absolute atomic E-state index is 0.0218. The maximum absolute atomic E-state index is 11.9. The first-order valence-electron chi connectivity index (χ1n) is 6.24. The fraction of sp³-hybridized carbons (Fsp3) is 0.125. The van der Waals surface area contributed by atoms with E-state index in [2.05, 4.69) is 5.32 Å². The lowest BCUT2D eigenvalue weighted by Gasteiger charge is -2.05. The summed E-state index contributed by atoms with van der Waals surface area (Å²) in [6, 6.07) is 16.1. The van der Waals surface area contributed by atoms with Crippen molar-refractivity contribution < 1.29 is 9.59 Å². The smallest absolute Gasteiger partial charge is 0.224 e. The molecular weight excluding hydrogens is 274 g/mol. The number of benzene rings is 2. The van der Waals surface area contributed by atoms with E-state index in [0.717, 1.165) is 5.56 Å². The summed E-state index contributed by atoms with van der Waals surface area (Å²) in [5.41, 5.74) is 1.41. The van der Waals surface area contributed by atoms with Gasteiger partial charge in [-0.2, -0.15) is 0 Å². The van der Waals surface area contributed by atoms with Crippen molar-refractivity contribution in [1.82, 2.24) is 5.32 Å². The van der Waals surface area contributed by atoms with Gasteiger partial charge in [0.05, 0.1) is 13.0 Å². The molecule has 0 aliphatic carbocycles. The zero-order chi connectivity index (χ0) is 14.4. The number of Topliss-reactive ketones (excluding diaryl/α,β-unsaturated/α-hetero) is 1. The topological polar surface area (TPSA) is 46.2 Å². The lowest BCUT2D eigenvalue weighted by Crippen LogP contribution is -2.30. The van der Waals surface area contributed by atoms with Gasteiger partial charge in [-0.3, -0.25) is 9.59 Å². The van der Waals surface area contributed by atoms with Crippen LogP contribution in [0.4, 0.5) is 0 Å². The molecule has 1 amide bonds. The third-order valence-corrected chi connectivity index (χ3v) is 3.04. The van der Waals surface area contributed by atoms with Crippen molar-refractivity contribution in [2.75, 3.05) is 6.54 Å². The second-order valence-electron chi connectivity index (χ2n) is 4.37. The molecule has 0 saturated heterocycles. The van der Waals surface area contributed by atoms with Crippen LogP contribution in [0.2, 0.25) is 5.02 Å². The molecule has 0 unspecified atom stereocenters. The molecule has 0 radical (unpaired) electrons. The Morgan fingerprint density at radius 1 is 1.00 bits per heavy atom. The van der Waals surface area contributed by atoms with E-state index in [-0.39, 0.29) is 24.7 Å². The van der Waals surface area contributed by atoms with Gasteiger partial charge in [0.1, 0.15) is 0 Å². The van der Waals surface area contributed by atoms with E-state index in [4.69, 9.17) is 11.6 Å². The quantitative estimate of drug-likeness (QED) is 0.860. The maximum Gasteiger partial charge on any atom is 0.224 e. The Kier molecular flexibility index (Phi) is 4.91. The van der Waals surface area contributed by atoms with E-state index >= 15 is 0 Å². The molecule has 0 fully saturated rings. The standard InChI is InChI=1S/C16H14ClNO2/c17-14-8-4-7-13(10-14)15(19)11-18-16(20)9-12-5-2-1-3-6-12/h1-8,10H,9,11H2,(H,18,20). The summed E-state index contributed by atoms with van der Waals surface area (Å²) in [5, 5.41) is 3.12. The predicted molar refractivity (Wildman–Crippen MR) is 78.9 cm³/mol. The highest BCUT2D eigenvalue weighted by atomic mass is 35.5. The van der Waals surface area contributed by atoms with E-state index in [1.165, 1.54) is 0 Å². The van der Waals surface area contributed by atoms with E-state index in [0.29, 0.717) is 10.6 Å². The number of amides is 1. The molecule has 20 heavy (non-hydrogen) atoms. The van der Waals surface area contributed by atoms with Gasteiger partial charge in [0.2, 0.25) is 5.91 Å². The SMILES string of the molecule is O=C(Cc1ccccc1)NCC(=O)c1cccc(Cl)c1. The molecule has 1 N–H and O–H groups in total. The molecular formula is C16H14ClNO2. The molecule has 0 saturated carbocycles. The van der Waals surface area contributed by atoms with Crippen LogP contribution < -0.4 is 5.32 Å². The number of carbonyl (C=O) groups excluding carboxylic acids is 2. The molecule has 2 rings (SSSR count). The molecule has 102 valence electrons. The molecule has 0 atom stereocenters. The minimum atomic E-state index is -0.174. The van der Waals surface area contributed by atoms with Crippen molar-refractivity contribution in [2.45, 2.75) is 6.42 Å². The molecule has 0 aromatic heterocycles. The van der Waals surface area contributed by atoms with Crippen molar-refractivity contribution in [2.24, 2.45) is 0 Å². The van der Waals surface area contributed by atoms with Gasteiger partial charge in [-0.25, -0.2) is 0 Å². The van der Waals surface area contributed by atoms with Crippen LogP contribution in [0.1, 0.15) is 15.9 Å². The van der Waals surface area contributed by atoms with Crippen LogP contribution >= 0.6 is 11.6 Å². The van der Waals surface area contributed by atoms with Crippen molar-refractivity contribution in [1.29, 1.82) is 0 Å². The van der Waals surface area contributed by atoms with Gasteiger partial charge in [0.15, 0.2) is 5.78 Å². The molecule has 0 bridgehead atoms. The largest absolute Gasteiger partial charge is 0.348 e. The van der Waals surface area contributed by atoms with Gasteiger partial charge in [-0.1, -0.05) is 54.1 Å². The van der Waals surface area contributed by atoms with Gasteiger partial charge in [-0.05, 0) is 17.7 Å². The Labute approximate surface area is 122 Å². The first-order valence-corrected chi connectivity index (χ1v) is 6.62. The number of hydrogen-bond acceptors (Lipinski definition) is 2. The molecule has 0 aliphatic rings. The molecule has 2 aromatic carbocycles. The summed E-state index contributed by atoms with van der Waals surface area (Å²) in [5.74, 6) is -0.333. The Balaban J connectivity index is 1.86. The Morgan fingerprint density at radius 3 is 2.45 bits per heavy atom. The molecule has 4 heteroatoms. The van der Waals surface area contributed by atoms with Crippen LogP contribution in [-0.4, -0.2) is 18.2 Å². The van der Waals surface area contributed by atoms with Crippen molar-refractivity contribution >= 4 is 23.3 Å². The monoisotopic (exact) mass is 287 g/mol. The van der Waals surface area contributed by atoms with Crippen LogP contribution in [-0.2, 0) is 11.2 Å². The van der Waals surface area contributed by atoms with E-state index < -0.39 is 0 Å². The highest BCUT2D eigenvalue weighted by Gasteiger charge is 2.09. The van der Waals surface area contributed by atoms with Crippen LogP contribution in [0.3, 0.4) is 0 Å². The second kappa shape index (κ2) is 6.87. The zero-order valence-electron chi connectivity index (χ0n) is 10.8. The van der Waals surface area contributed by atoms with Crippen LogP contribution in [0, 0.1) is 0 Å². The molecule has 0 aliphatic heterocycles. The molecule has 2 aromatic rings. The van der Waals surface area contributed by atoms with E-state index in [1.54, 1.807) is 24.3 Å². The van der Waals surface area contributed by atoms with Crippen molar-refractivity contribution in [3.8, 4) is 0 Å². The Morgan fingerprint density at radius 2 is 1.75 bits per heavy atom. The van der Waals surface area contributed by atoms with Gasteiger partial charge in [0.25, 0.3) is 0 Å². The lowest BCUT2D eigenvalue weighted by molar-refractivity contribution is -0.120. The molecule has 0 spiro atoms. The average molecular weight is 288 g/mol. The fourth-order valence-corrected chi connectivity index (χ4v) is 1.98. The minimum Gasteiger partial charge on any atom is -0.348 e. The fourth-order valence-electron chi connectivity index (χ4n) is 1.79. The lowest BCUT2D eigenvalue weighted by atomic mass is 10.1. The predicted octanol–water partition coefficient (Wildman–Crippen LogP) is 2.88. The summed E-state index contributed by atoms with van der Waals surface area (Å²) >= 11 is 5.82. The van der Waals surface area contributed by atoms with Gasteiger partial charge < -0.3 is 5.32 Å². The van der Waals surface area contributed by atoms with Crippen LogP contribution in [0.15, 0.2) is 54.6 Å². The highest BCUT2D eigenvalue weighted by Crippen LogP contribution is 2.10. The van der Waals surface area contributed by atoms with Crippen molar-refractivity contribution in [3.05, 3.63) is 70.7 Å². The van der Waals surface area contributed by atoms with Gasteiger partial charge >= 0.3 is 0 Å². The second-order valence-corrected chi connectivity index (χ2v) is 4.81. The number of hydrogen-bond donors (Lipinski definition) is 1. The normalized spacial score (nSPS) is 10.1. The Bertz CT molecular complexity index is 611. The summed E-state index contributed by atoms with van der Waals surface area (Å²) < 4.78 is 0. The first kappa shape index (κ1) is 14.3. The average Bonchev–Trinajstić information content (AvgIpc) is 2.46. The maximum atomic E-state index is 11.9. The first-order chi connectivity index (χ1) is 9.65.